The number of halogens is 2. The molecule has 0 amide bonds. The van der Waals surface area contributed by atoms with Crippen molar-refractivity contribution >= 4 is 45.5 Å². The maximum Gasteiger partial charge on any atom is 0.294 e. The summed E-state index contributed by atoms with van der Waals surface area (Å²) >= 11 is 11.6. The fraction of sp³-hybridized carbons (Fsp3) is 0.0667. The quantitative estimate of drug-likeness (QED) is 0.225. The third kappa shape index (κ3) is 7.81. The second-order valence-electron chi connectivity index (χ2n) is 4.81. The second kappa shape index (κ2) is 10.1. The van der Waals surface area contributed by atoms with E-state index in [1.807, 2.05) is 6.92 Å². The van der Waals surface area contributed by atoms with Crippen LogP contribution in [0.1, 0.15) is 11.1 Å². The van der Waals surface area contributed by atoms with Crippen LogP contribution in [0.2, 0.25) is 10.0 Å². The zero-order chi connectivity index (χ0) is 19.7. The molecular formula is C15H16Cl2N4O4S. The highest BCUT2D eigenvalue weighted by Gasteiger charge is 2.06. The summed E-state index contributed by atoms with van der Waals surface area (Å²) in [6.07, 6.45) is 1.41. The molecule has 0 unspecified atom stereocenters. The van der Waals surface area contributed by atoms with Crippen LogP contribution in [0, 0.1) is 12.3 Å². The van der Waals surface area contributed by atoms with E-state index in [9.17, 15) is 8.42 Å². The lowest BCUT2D eigenvalue weighted by atomic mass is 10.2. The fourth-order valence-electron chi connectivity index (χ4n) is 1.51. The van der Waals surface area contributed by atoms with E-state index >= 15 is 0 Å². The molecule has 0 aromatic heterocycles. The maximum absolute atomic E-state index is 10.5. The minimum absolute atomic E-state index is 0.0666. The first kappa shape index (κ1) is 21.9. The molecule has 0 atom stereocenters. The van der Waals surface area contributed by atoms with Crippen LogP contribution in [0.25, 0.3) is 0 Å². The van der Waals surface area contributed by atoms with Gasteiger partial charge in [0.15, 0.2) is 0 Å². The van der Waals surface area contributed by atoms with Gasteiger partial charge in [-0.3, -0.25) is 15.2 Å². The molecule has 0 aliphatic carbocycles. The average Bonchev–Trinajstić information content (AvgIpc) is 2.57. The highest BCUT2D eigenvalue weighted by atomic mass is 35.5. The molecule has 0 aliphatic rings. The van der Waals surface area contributed by atoms with Gasteiger partial charge in [-0.2, -0.15) is 13.5 Å². The van der Waals surface area contributed by atoms with Crippen LogP contribution in [-0.4, -0.2) is 30.4 Å². The molecule has 0 fully saturated rings. The molecular weight excluding hydrogens is 403 g/mol. The third-order valence-electron chi connectivity index (χ3n) is 2.77. The van der Waals surface area contributed by atoms with Gasteiger partial charge in [-0.1, -0.05) is 47.0 Å². The number of hydrogen-bond donors (Lipinski definition) is 5. The summed E-state index contributed by atoms with van der Waals surface area (Å²) in [5, 5.41) is 19.9. The van der Waals surface area contributed by atoms with Crippen LogP contribution in [0.3, 0.4) is 0 Å². The predicted molar refractivity (Wildman–Crippen MR) is 101 cm³/mol. The molecule has 140 valence electrons. The number of guanidine groups is 1. The molecule has 0 saturated carbocycles. The van der Waals surface area contributed by atoms with E-state index < -0.39 is 10.1 Å². The minimum Gasteiger partial charge on any atom is -0.288 e. The third-order valence-corrected chi connectivity index (χ3v) is 4.20. The van der Waals surface area contributed by atoms with Crippen LogP contribution in [0.15, 0.2) is 52.5 Å². The lowest BCUT2D eigenvalue weighted by Gasteiger charge is -2.00. The number of nitrogens with zero attached hydrogens (tertiary/aromatic N) is 1. The van der Waals surface area contributed by atoms with Gasteiger partial charge in [0.1, 0.15) is 0 Å². The van der Waals surface area contributed by atoms with Crippen molar-refractivity contribution in [2.75, 3.05) is 0 Å². The standard InChI is InChI=1S/C8H8Cl2N4O.C7H8O3S/c9-6-2-1-5(7(10)3-6)4-12-13-8(11)14-15;1-6-2-4-7(5-3-6)11(8,9)10/h1-4,15H,(H3,11,13,14);2-5H,1H3,(H,8,9,10)/b12-4+;. The first-order valence-electron chi connectivity index (χ1n) is 6.90. The Kier molecular flexibility index (Phi) is 8.49. The Labute approximate surface area is 160 Å². The molecule has 0 radical (unpaired) electrons. The molecule has 5 N–H and O–H groups in total. The zero-order valence-electron chi connectivity index (χ0n) is 13.4. The highest BCUT2D eigenvalue weighted by Crippen LogP contribution is 2.19. The molecule has 0 saturated heterocycles. The van der Waals surface area contributed by atoms with Crippen LogP contribution in [-0.2, 0) is 10.1 Å². The van der Waals surface area contributed by atoms with E-state index in [0.29, 0.717) is 15.6 Å². The molecule has 0 aliphatic heterocycles. The van der Waals surface area contributed by atoms with Crippen molar-refractivity contribution in [3.05, 3.63) is 63.6 Å². The fourth-order valence-corrected chi connectivity index (χ4v) is 2.45. The van der Waals surface area contributed by atoms with E-state index in [1.54, 1.807) is 35.8 Å². The monoisotopic (exact) mass is 418 g/mol. The Morgan fingerprint density at radius 1 is 1.19 bits per heavy atom. The summed E-state index contributed by atoms with van der Waals surface area (Å²) in [7, 11) is -4.02. The molecule has 0 bridgehead atoms. The summed E-state index contributed by atoms with van der Waals surface area (Å²) in [6.45, 7) is 1.84. The SMILES string of the molecule is Cc1ccc(S(=O)(=O)O)cc1.N=C(NO)N/N=C/c1ccc(Cl)cc1Cl. The van der Waals surface area contributed by atoms with E-state index in [4.69, 9.17) is 38.4 Å². The van der Waals surface area contributed by atoms with Crippen LogP contribution >= 0.6 is 23.2 Å². The first-order chi connectivity index (χ1) is 12.1. The Balaban J connectivity index is 0.000000273. The molecule has 2 rings (SSSR count). The number of hydroxylamine groups is 1. The van der Waals surface area contributed by atoms with Crippen molar-refractivity contribution in [1.82, 2.24) is 10.9 Å². The number of rotatable bonds is 3. The average molecular weight is 419 g/mol. The number of aryl methyl sites for hydroxylation is 1. The molecule has 26 heavy (non-hydrogen) atoms. The maximum atomic E-state index is 10.5. The van der Waals surface area contributed by atoms with Crippen LogP contribution in [0.5, 0.6) is 0 Å². The summed E-state index contributed by atoms with van der Waals surface area (Å²) < 4.78 is 29.6. The van der Waals surface area contributed by atoms with E-state index in [0.717, 1.165) is 5.56 Å². The van der Waals surface area contributed by atoms with Gasteiger partial charge in [-0.05, 0) is 31.2 Å². The van der Waals surface area contributed by atoms with Crippen LogP contribution in [0.4, 0.5) is 0 Å². The van der Waals surface area contributed by atoms with Crippen molar-refractivity contribution in [2.24, 2.45) is 5.10 Å². The van der Waals surface area contributed by atoms with Gasteiger partial charge in [0.2, 0.25) is 5.96 Å². The zero-order valence-corrected chi connectivity index (χ0v) is 15.8. The summed E-state index contributed by atoms with van der Waals surface area (Å²) in [5.41, 5.74) is 5.41. The van der Waals surface area contributed by atoms with Crippen molar-refractivity contribution in [1.29, 1.82) is 5.41 Å². The number of benzene rings is 2. The van der Waals surface area contributed by atoms with E-state index in [-0.39, 0.29) is 10.9 Å². The number of hydrazone groups is 1. The van der Waals surface area contributed by atoms with Crippen molar-refractivity contribution < 1.29 is 18.2 Å². The highest BCUT2D eigenvalue weighted by molar-refractivity contribution is 7.85. The first-order valence-corrected chi connectivity index (χ1v) is 9.10. The van der Waals surface area contributed by atoms with Crippen LogP contribution < -0.4 is 10.9 Å². The predicted octanol–water partition coefficient (Wildman–Crippen LogP) is 3.07. The Morgan fingerprint density at radius 3 is 2.31 bits per heavy atom. The van der Waals surface area contributed by atoms with E-state index in [2.05, 4.69) is 10.5 Å². The molecule has 2 aromatic rings. The van der Waals surface area contributed by atoms with E-state index in [1.165, 1.54) is 18.3 Å². The topological polar surface area (TPSA) is 135 Å². The summed E-state index contributed by atoms with van der Waals surface area (Å²) in [4.78, 5) is -0.0666. The van der Waals surface area contributed by atoms with Gasteiger partial charge >= 0.3 is 0 Å². The van der Waals surface area contributed by atoms with Gasteiger partial charge in [0.25, 0.3) is 10.1 Å². The summed E-state index contributed by atoms with van der Waals surface area (Å²) in [5.74, 6) is -0.337. The Morgan fingerprint density at radius 2 is 1.81 bits per heavy atom. The molecule has 2 aromatic carbocycles. The largest absolute Gasteiger partial charge is 0.294 e. The lowest BCUT2D eigenvalue weighted by Crippen LogP contribution is -2.30. The smallest absolute Gasteiger partial charge is 0.288 e. The normalized spacial score (nSPS) is 10.8. The van der Waals surface area contributed by atoms with Gasteiger partial charge in [-0.15, -0.1) is 0 Å². The van der Waals surface area contributed by atoms with Crippen molar-refractivity contribution in [3.63, 3.8) is 0 Å². The van der Waals surface area contributed by atoms with Gasteiger partial charge in [0.05, 0.1) is 16.1 Å². The lowest BCUT2D eigenvalue weighted by molar-refractivity contribution is 0.228. The summed E-state index contributed by atoms with van der Waals surface area (Å²) in [6, 6.07) is 10.9. The molecule has 11 heteroatoms. The van der Waals surface area contributed by atoms with Gasteiger partial charge in [-0.25, -0.2) is 10.9 Å². The van der Waals surface area contributed by atoms with Crippen molar-refractivity contribution in [3.8, 4) is 0 Å². The molecule has 8 nitrogen and oxygen atoms in total. The Hall–Kier alpha value is -2.17. The van der Waals surface area contributed by atoms with Crippen molar-refractivity contribution in [2.45, 2.75) is 11.8 Å². The van der Waals surface area contributed by atoms with Gasteiger partial charge < -0.3 is 0 Å². The molecule has 0 heterocycles. The Bertz CT molecular complexity index is 887. The molecule has 0 spiro atoms. The second-order valence-corrected chi connectivity index (χ2v) is 7.08. The number of hydrogen-bond acceptors (Lipinski definition) is 5. The number of nitrogens with one attached hydrogen (secondary N) is 3. The van der Waals surface area contributed by atoms with Gasteiger partial charge in [0, 0.05) is 10.6 Å². The minimum atomic E-state index is -4.02.